The van der Waals surface area contributed by atoms with E-state index in [2.05, 4.69) is 10.9 Å². The van der Waals surface area contributed by atoms with Gasteiger partial charge in [-0.05, 0) is 24.6 Å². The van der Waals surface area contributed by atoms with Crippen molar-refractivity contribution in [1.29, 1.82) is 0 Å². The molecule has 0 aliphatic carbocycles. The molecular formula is C22H25N3O5. The second-order valence-electron chi connectivity index (χ2n) is 7.05. The molecule has 2 atom stereocenters. The molecule has 1 aliphatic rings. The lowest BCUT2D eigenvalue weighted by Crippen LogP contribution is -2.49. The van der Waals surface area contributed by atoms with E-state index in [-0.39, 0.29) is 12.3 Å². The largest absolute Gasteiger partial charge is 0.493 e. The summed E-state index contributed by atoms with van der Waals surface area (Å²) in [6.45, 7) is 2.33. The summed E-state index contributed by atoms with van der Waals surface area (Å²) in [7, 11) is 1.51. The van der Waals surface area contributed by atoms with Gasteiger partial charge in [-0.25, -0.2) is 0 Å². The van der Waals surface area contributed by atoms with Crippen molar-refractivity contribution < 1.29 is 23.9 Å². The van der Waals surface area contributed by atoms with Crippen molar-refractivity contribution in [2.24, 2.45) is 5.92 Å². The average Bonchev–Trinajstić information content (AvgIpc) is 3.13. The minimum Gasteiger partial charge on any atom is -0.493 e. The molecule has 2 aromatic rings. The van der Waals surface area contributed by atoms with Crippen molar-refractivity contribution in [3.63, 3.8) is 0 Å². The minimum absolute atomic E-state index is 0.0850. The SMILES string of the molecule is COc1ccccc1OC(C)C(=O)NNC(=O)C1CC(=O)N(Cc2ccccc2)C1. The Labute approximate surface area is 175 Å². The quantitative estimate of drug-likeness (QED) is 0.676. The molecule has 1 heterocycles. The first-order chi connectivity index (χ1) is 14.5. The summed E-state index contributed by atoms with van der Waals surface area (Å²) in [4.78, 5) is 38.6. The zero-order valence-electron chi connectivity index (χ0n) is 17.0. The van der Waals surface area contributed by atoms with Crippen molar-refractivity contribution in [3.05, 3.63) is 60.2 Å². The summed E-state index contributed by atoms with van der Waals surface area (Å²) in [5.41, 5.74) is 5.76. The summed E-state index contributed by atoms with van der Waals surface area (Å²) < 4.78 is 10.8. The lowest BCUT2D eigenvalue weighted by molar-refractivity contribution is -0.134. The zero-order valence-corrected chi connectivity index (χ0v) is 17.0. The third kappa shape index (κ3) is 5.28. The van der Waals surface area contributed by atoms with Crippen LogP contribution in [-0.4, -0.2) is 42.4 Å². The maximum atomic E-state index is 12.4. The van der Waals surface area contributed by atoms with Gasteiger partial charge in [0.15, 0.2) is 17.6 Å². The predicted octanol–water partition coefficient (Wildman–Crippen LogP) is 1.66. The van der Waals surface area contributed by atoms with Gasteiger partial charge in [-0.2, -0.15) is 0 Å². The van der Waals surface area contributed by atoms with Crippen molar-refractivity contribution in [3.8, 4) is 11.5 Å². The standard InChI is InChI=1S/C22H25N3O5/c1-15(30-19-11-7-6-10-18(19)29-2)21(27)23-24-22(28)17-12-20(26)25(14-17)13-16-8-4-3-5-9-16/h3-11,15,17H,12-14H2,1-2H3,(H,23,27)(H,24,28). The van der Waals surface area contributed by atoms with Crippen LogP contribution in [0.2, 0.25) is 0 Å². The number of hydrogen-bond donors (Lipinski definition) is 2. The molecule has 1 aliphatic heterocycles. The highest BCUT2D eigenvalue weighted by molar-refractivity contribution is 5.90. The zero-order chi connectivity index (χ0) is 21.5. The van der Waals surface area contributed by atoms with Crippen LogP contribution in [0.3, 0.4) is 0 Å². The highest BCUT2D eigenvalue weighted by Gasteiger charge is 2.34. The fraction of sp³-hybridized carbons (Fsp3) is 0.318. The molecule has 30 heavy (non-hydrogen) atoms. The molecule has 2 aromatic carbocycles. The molecule has 8 nitrogen and oxygen atoms in total. The van der Waals surface area contributed by atoms with E-state index in [0.717, 1.165) is 5.56 Å². The van der Waals surface area contributed by atoms with Crippen molar-refractivity contribution >= 4 is 17.7 Å². The molecule has 0 saturated carbocycles. The third-order valence-electron chi connectivity index (χ3n) is 4.85. The number of likely N-dealkylation sites (tertiary alicyclic amines) is 1. The number of carbonyl (C=O) groups excluding carboxylic acids is 3. The third-order valence-corrected chi connectivity index (χ3v) is 4.85. The number of carbonyl (C=O) groups is 3. The lowest BCUT2D eigenvalue weighted by Gasteiger charge is -2.18. The molecule has 158 valence electrons. The molecule has 0 spiro atoms. The summed E-state index contributed by atoms with van der Waals surface area (Å²) in [6.07, 6.45) is -0.747. The second kappa shape index (κ2) is 9.78. The van der Waals surface area contributed by atoms with Crippen LogP contribution < -0.4 is 20.3 Å². The number of hydrogen-bond acceptors (Lipinski definition) is 5. The number of methoxy groups -OCH3 is 1. The first kappa shape index (κ1) is 21.2. The van der Waals surface area contributed by atoms with Crippen LogP contribution in [-0.2, 0) is 20.9 Å². The molecule has 1 saturated heterocycles. The van der Waals surface area contributed by atoms with Gasteiger partial charge in [-0.3, -0.25) is 25.2 Å². The number of hydrazine groups is 1. The Morgan fingerprint density at radius 2 is 1.73 bits per heavy atom. The molecule has 0 aromatic heterocycles. The van der Waals surface area contributed by atoms with Gasteiger partial charge in [0.2, 0.25) is 11.8 Å². The molecular weight excluding hydrogens is 386 g/mol. The molecule has 0 bridgehead atoms. The van der Waals surface area contributed by atoms with Crippen LogP contribution in [0.5, 0.6) is 11.5 Å². The van der Waals surface area contributed by atoms with E-state index in [4.69, 9.17) is 9.47 Å². The fourth-order valence-corrected chi connectivity index (χ4v) is 3.19. The van der Waals surface area contributed by atoms with Gasteiger partial charge in [-0.1, -0.05) is 42.5 Å². The first-order valence-corrected chi connectivity index (χ1v) is 9.69. The molecule has 8 heteroatoms. The van der Waals surface area contributed by atoms with Crippen LogP contribution in [0.25, 0.3) is 0 Å². The summed E-state index contributed by atoms with van der Waals surface area (Å²) in [5, 5.41) is 0. The van der Waals surface area contributed by atoms with Crippen molar-refractivity contribution in [1.82, 2.24) is 15.8 Å². The maximum Gasteiger partial charge on any atom is 0.279 e. The predicted molar refractivity (Wildman–Crippen MR) is 109 cm³/mol. The van der Waals surface area contributed by atoms with Crippen LogP contribution in [0, 0.1) is 5.92 Å². The highest BCUT2D eigenvalue weighted by Crippen LogP contribution is 2.26. The smallest absolute Gasteiger partial charge is 0.279 e. The van der Waals surface area contributed by atoms with E-state index < -0.39 is 23.8 Å². The van der Waals surface area contributed by atoms with Gasteiger partial charge in [0.25, 0.3) is 5.91 Å². The van der Waals surface area contributed by atoms with Gasteiger partial charge < -0.3 is 14.4 Å². The Kier molecular flexibility index (Phi) is 6.90. The number of rotatable bonds is 7. The van der Waals surface area contributed by atoms with E-state index in [9.17, 15) is 14.4 Å². The molecule has 1 fully saturated rings. The number of nitrogens with one attached hydrogen (secondary N) is 2. The van der Waals surface area contributed by atoms with Gasteiger partial charge >= 0.3 is 0 Å². The van der Waals surface area contributed by atoms with E-state index in [1.807, 2.05) is 30.3 Å². The Bertz CT molecular complexity index is 903. The molecule has 3 amide bonds. The molecule has 3 rings (SSSR count). The van der Waals surface area contributed by atoms with Gasteiger partial charge in [0.1, 0.15) is 0 Å². The van der Waals surface area contributed by atoms with Crippen molar-refractivity contribution in [2.75, 3.05) is 13.7 Å². The number of benzene rings is 2. The summed E-state index contributed by atoms with van der Waals surface area (Å²) in [6, 6.07) is 16.6. The Morgan fingerprint density at radius 3 is 2.43 bits per heavy atom. The molecule has 2 N–H and O–H groups in total. The van der Waals surface area contributed by atoms with E-state index >= 15 is 0 Å². The molecule has 2 unspecified atom stereocenters. The number of para-hydroxylation sites is 2. The van der Waals surface area contributed by atoms with E-state index in [1.165, 1.54) is 7.11 Å². The van der Waals surface area contributed by atoms with Crippen LogP contribution in [0.4, 0.5) is 0 Å². The van der Waals surface area contributed by atoms with Crippen LogP contribution >= 0.6 is 0 Å². The Morgan fingerprint density at radius 1 is 1.07 bits per heavy atom. The van der Waals surface area contributed by atoms with E-state index in [1.54, 1.807) is 36.1 Å². The Hall–Kier alpha value is -3.55. The van der Waals surface area contributed by atoms with E-state index in [0.29, 0.717) is 24.6 Å². The van der Waals surface area contributed by atoms with Crippen molar-refractivity contribution in [2.45, 2.75) is 26.0 Å². The van der Waals surface area contributed by atoms with Gasteiger partial charge in [-0.15, -0.1) is 0 Å². The maximum absolute atomic E-state index is 12.4. The normalized spacial score (nSPS) is 16.7. The number of amides is 3. The molecule has 0 radical (unpaired) electrons. The van der Waals surface area contributed by atoms with Gasteiger partial charge in [0, 0.05) is 19.5 Å². The minimum atomic E-state index is -0.860. The fourth-order valence-electron chi connectivity index (χ4n) is 3.19. The first-order valence-electron chi connectivity index (χ1n) is 9.69. The lowest BCUT2D eigenvalue weighted by atomic mass is 10.1. The highest BCUT2D eigenvalue weighted by atomic mass is 16.5. The second-order valence-corrected chi connectivity index (χ2v) is 7.05. The van der Waals surface area contributed by atoms with Crippen LogP contribution in [0.1, 0.15) is 18.9 Å². The average molecular weight is 411 g/mol. The van der Waals surface area contributed by atoms with Gasteiger partial charge in [0.05, 0.1) is 13.0 Å². The monoisotopic (exact) mass is 411 g/mol. The topological polar surface area (TPSA) is 97.0 Å². The van der Waals surface area contributed by atoms with Crippen LogP contribution in [0.15, 0.2) is 54.6 Å². The Balaban J connectivity index is 1.48. The summed E-state index contributed by atoms with van der Waals surface area (Å²) in [5.74, 6) is -0.599. The summed E-state index contributed by atoms with van der Waals surface area (Å²) >= 11 is 0. The number of ether oxygens (including phenoxy) is 2. The number of nitrogens with zero attached hydrogens (tertiary/aromatic N) is 1.